The van der Waals surface area contributed by atoms with Gasteiger partial charge in [-0.05, 0) is 65.7 Å². The maximum atomic E-state index is 14.6. The summed E-state index contributed by atoms with van der Waals surface area (Å²) in [7, 11) is 1.80. The van der Waals surface area contributed by atoms with Gasteiger partial charge in [-0.1, -0.05) is 24.1 Å². The third kappa shape index (κ3) is 4.24. The second kappa shape index (κ2) is 8.99. The van der Waals surface area contributed by atoms with Crippen molar-refractivity contribution in [3.8, 4) is 22.3 Å². The Labute approximate surface area is 167 Å². The van der Waals surface area contributed by atoms with E-state index >= 15 is 0 Å². The number of carbonyl (C=O) groups excluding carboxylic acids is 1. The van der Waals surface area contributed by atoms with Crippen LogP contribution in [0.4, 0.5) is 14.5 Å². The summed E-state index contributed by atoms with van der Waals surface area (Å²) in [6, 6.07) is 14.8. The molecule has 144 valence electrons. The summed E-state index contributed by atoms with van der Waals surface area (Å²) in [6.07, 6.45) is 2.68. The molecule has 0 amide bonds. The third-order valence-corrected chi connectivity index (χ3v) is 4.83. The molecule has 0 bridgehead atoms. The summed E-state index contributed by atoms with van der Waals surface area (Å²) in [6.45, 7) is 0.496. The molecule has 0 radical (unpaired) electrons. The Balaban J connectivity index is 2.27. The van der Waals surface area contributed by atoms with Gasteiger partial charge in [-0.15, -0.1) is 0 Å². The molecular weight excluding hydrogens is 378 g/mol. The molecule has 0 unspecified atom stereocenters. The van der Waals surface area contributed by atoms with E-state index < -0.39 is 11.6 Å². The zero-order chi connectivity index (χ0) is 20.1. The average Bonchev–Trinajstić information content (AvgIpc) is 2.69. The molecule has 0 heterocycles. The standard InChI is InChI=1S/C22H20F2N2OS/c1-25-12-15-9-20(14-4-3-5-18(8-14)26-28-2)21(10-16(15)13-27)19-7-6-17(23)11-22(19)24/h3-11,13,25-26H,12H2,1-2H3. The highest BCUT2D eigenvalue weighted by atomic mass is 32.2. The Kier molecular flexibility index (Phi) is 6.44. The molecule has 0 atom stereocenters. The van der Waals surface area contributed by atoms with Gasteiger partial charge in [0.1, 0.15) is 17.9 Å². The Morgan fingerprint density at radius 1 is 1.00 bits per heavy atom. The molecule has 0 aliphatic rings. The van der Waals surface area contributed by atoms with E-state index in [0.717, 1.165) is 34.7 Å². The first-order valence-electron chi connectivity index (χ1n) is 8.69. The molecule has 3 aromatic rings. The van der Waals surface area contributed by atoms with Crippen LogP contribution in [0.3, 0.4) is 0 Å². The van der Waals surface area contributed by atoms with E-state index in [1.807, 2.05) is 36.6 Å². The van der Waals surface area contributed by atoms with Crippen LogP contribution in [0, 0.1) is 11.6 Å². The lowest BCUT2D eigenvalue weighted by molar-refractivity contribution is 0.112. The minimum Gasteiger partial charge on any atom is -0.330 e. The van der Waals surface area contributed by atoms with E-state index in [4.69, 9.17) is 0 Å². The zero-order valence-electron chi connectivity index (χ0n) is 15.6. The van der Waals surface area contributed by atoms with Gasteiger partial charge in [-0.25, -0.2) is 8.78 Å². The lowest BCUT2D eigenvalue weighted by Crippen LogP contribution is -2.08. The number of aldehydes is 1. The van der Waals surface area contributed by atoms with E-state index in [1.54, 1.807) is 13.1 Å². The van der Waals surface area contributed by atoms with E-state index in [1.165, 1.54) is 24.1 Å². The third-order valence-electron chi connectivity index (χ3n) is 4.39. The molecule has 0 aliphatic carbocycles. The van der Waals surface area contributed by atoms with Crippen molar-refractivity contribution in [2.24, 2.45) is 0 Å². The second-order valence-corrected chi connectivity index (χ2v) is 6.87. The molecule has 2 N–H and O–H groups in total. The molecule has 0 aliphatic heterocycles. The van der Waals surface area contributed by atoms with Crippen LogP contribution in [0.1, 0.15) is 15.9 Å². The highest BCUT2D eigenvalue weighted by Gasteiger charge is 2.16. The number of anilines is 1. The molecule has 3 rings (SSSR count). The molecule has 0 fully saturated rings. The minimum absolute atomic E-state index is 0.249. The molecule has 0 spiro atoms. The number of hydrogen-bond acceptors (Lipinski definition) is 4. The largest absolute Gasteiger partial charge is 0.330 e. The van der Waals surface area contributed by atoms with Gasteiger partial charge in [-0.3, -0.25) is 4.79 Å². The van der Waals surface area contributed by atoms with Crippen LogP contribution in [-0.2, 0) is 6.54 Å². The van der Waals surface area contributed by atoms with Gasteiger partial charge in [0.2, 0.25) is 0 Å². The minimum atomic E-state index is -0.669. The summed E-state index contributed by atoms with van der Waals surface area (Å²) >= 11 is 1.47. The van der Waals surface area contributed by atoms with Crippen LogP contribution < -0.4 is 10.0 Å². The normalized spacial score (nSPS) is 10.7. The fraction of sp³-hybridized carbons (Fsp3) is 0.136. The van der Waals surface area contributed by atoms with E-state index in [-0.39, 0.29) is 5.56 Å². The summed E-state index contributed by atoms with van der Waals surface area (Å²) in [4.78, 5) is 11.6. The molecule has 3 nitrogen and oxygen atoms in total. The first-order valence-corrected chi connectivity index (χ1v) is 9.91. The highest BCUT2D eigenvalue weighted by molar-refractivity contribution is 7.99. The SMILES string of the molecule is CNCc1cc(-c2cccc(NSC)c2)c(-c2ccc(F)cc2F)cc1C=O. The molecule has 0 aromatic heterocycles. The van der Waals surface area contributed by atoms with Gasteiger partial charge in [-0.2, -0.15) is 0 Å². The fourth-order valence-corrected chi connectivity index (χ4v) is 3.51. The number of rotatable bonds is 7. The quantitative estimate of drug-likeness (QED) is 0.406. The molecule has 0 saturated heterocycles. The second-order valence-electron chi connectivity index (χ2n) is 6.26. The molecule has 3 aromatic carbocycles. The molecule has 0 saturated carbocycles. The first kappa shape index (κ1) is 20.0. The van der Waals surface area contributed by atoms with Gasteiger partial charge in [0, 0.05) is 35.7 Å². The van der Waals surface area contributed by atoms with Crippen molar-refractivity contribution in [1.82, 2.24) is 5.32 Å². The fourth-order valence-electron chi connectivity index (χ4n) is 3.15. The number of carbonyl (C=O) groups is 1. The number of benzene rings is 3. The number of nitrogens with one attached hydrogen (secondary N) is 2. The Morgan fingerprint density at radius 2 is 1.82 bits per heavy atom. The maximum Gasteiger partial charge on any atom is 0.150 e. The topological polar surface area (TPSA) is 41.1 Å². The van der Waals surface area contributed by atoms with Gasteiger partial charge >= 0.3 is 0 Å². The number of halogens is 2. The summed E-state index contributed by atoms with van der Waals surface area (Å²) < 4.78 is 31.2. The van der Waals surface area contributed by atoms with Crippen molar-refractivity contribution in [3.05, 3.63) is 77.4 Å². The van der Waals surface area contributed by atoms with Crippen molar-refractivity contribution in [2.45, 2.75) is 6.54 Å². The van der Waals surface area contributed by atoms with Crippen LogP contribution in [0.5, 0.6) is 0 Å². The summed E-state index contributed by atoms with van der Waals surface area (Å²) in [5, 5.41) is 3.05. The molecule has 6 heteroatoms. The Hall–Kier alpha value is -2.70. The maximum absolute atomic E-state index is 14.6. The van der Waals surface area contributed by atoms with Gasteiger partial charge in [0.15, 0.2) is 0 Å². The van der Waals surface area contributed by atoms with Crippen molar-refractivity contribution in [1.29, 1.82) is 0 Å². The van der Waals surface area contributed by atoms with Crippen LogP contribution in [0.15, 0.2) is 54.6 Å². The van der Waals surface area contributed by atoms with Crippen molar-refractivity contribution in [3.63, 3.8) is 0 Å². The predicted octanol–water partition coefficient (Wildman–Crippen LogP) is 5.52. The molecular formula is C22H20F2N2OS. The van der Waals surface area contributed by atoms with E-state index in [9.17, 15) is 13.6 Å². The van der Waals surface area contributed by atoms with Crippen LogP contribution >= 0.6 is 11.9 Å². The number of hydrogen-bond donors (Lipinski definition) is 2. The van der Waals surface area contributed by atoms with Crippen LogP contribution in [0.2, 0.25) is 0 Å². The van der Waals surface area contributed by atoms with Crippen molar-refractivity contribution >= 4 is 23.9 Å². The van der Waals surface area contributed by atoms with Gasteiger partial charge in [0.05, 0.1) is 0 Å². The van der Waals surface area contributed by atoms with Gasteiger partial charge in [0.25, 0.3) is 0 Å². The van der Waals surface area contributed by atoms with Crippen LogP contribution in [-0.4, -0.2) is 19.6 Å². The highest BCUT2D eigenvalue weighted by Crippen LogP contribution is 2.37. The lowest BCUT2D eigenvalue weighted by Gasteiger charge is -2.16. The smallest absolute Gasteiger partial charge is 0.150 e. The summed E-state index contributed by atoms with van der Waals surface area (Å²) in [5.41, 5.74) is 4.61. The molecule has 28 heavy (non-hydrogen) atoms. The zero-order valence-corrected chi connectivity index (χ0v) is 16.4. The van der Waals surface area contributed by atoms with Gasteiger partial charge < -0.3 is 10.0 Å². The average molecular weight is 398 g/mol. The van der Waals surface area contributed by atoms with Crippen molar-refractivity contribution < 1.29 is 13.6 Å². The van der Waals surface area contributed by atoms with E-state index in [0.29, 0.717) is 17.7 Å². The first-order chi connectivity index (χ1) is 13.6. The monoisotopic (exact) mass is 398 g/mol. The van der Waals surface area contributed by atoms with E-state index in [2.05, 4.69) is 10.0 Å². The predicted molar refractivity (Wildman–Crippen MR) is 113 cm³/mol. The Morgan fingerprint density at radius 3 is 2.50 bits per heavy atom. The lowest BCUT2D eigenvalue weighted by atomic mass is 9.90. The van der Waals surface area contributed by atoms with Crippen molar-refractivity contribution in [2.75, 3.05) is 18.0 Å². The van der Waals surface area contributed by atoms with Crippen LogP contribution in [0.25, 0.3) is 22.3 Å². The Bertz CT molecular complexity index is 1010. The summed E-state index contributed by atoms with van der Waals surface area (Å²) in [5.74, 6) is -1.31.